The predicted molar refractivity (Wildman–Crippen MR) is 108 cm³/mol. The van der Waals surface area contributed by atoms with Gasteiger partial charge in [0.25, 0.3) is 5.91 Å². The second-order valence-corrected chi connectivity index (χ2v) is 6.63. The Bertz CT molecular complexity index is 1000. The van der Waals surface area contributed by atoms with E-state index in [1.165, 1.54) is 12.4 Å². The van der Waals surface area contributed by atoms with Crippen LogP contribution in [0.4, 0.5) is 17.2 Å². The van der Waals surface area contributed by atoms with E-state index in [9.17, 15) is 4.79 Å². The van der Waals surface area contributed by atoms with Crippen LogP contribution in [0.2, 0.25) is 0 Å². The van der Waals surface area contributed by atoms with Gasteiger partial charge in [0.2, 0.25) is 6.79 Å². The van der Waals surface area contributed by atoms with Gasteiger partial charge >= 0.3 is 0 Å². The third kappa shape index (κ3) is 4.55. The summed E-state index contributed by atoms with van der Waals surface area (Å²) in [6.45, 7) is 4.13. The lowest BCUT2D eigenvalue weighted by Gasteiger charge is -2.10. The van der Waals surface area contributed by atoms with Gasteiger partial charge in [-0.15, -0.1) is 0 Å². The van der Waals surface area contributed by atoms with E-state index < -0.39 is 0 Å². The van der Waals surface area contributed by atoms with Gasteiger partial charge in [0.1, 0.15) is 17.3 Å². The molecule has 0 spiro atoms. The average Bonchev–Trinajstić information content (AvgIpc) is 3.17. The van der Waals surface area contributed by atoms with Crippen LogP contribution in [-0.2, 0) is 0 Å². The monoisotopic (exact) mass is 392 g/mol. The first-order valence-electron chi connectivity index (χ1n) is 9.13. The number of anilines is 3. The van der Waals surface area contributed by atoms with Gasteiger partial charge < -0.3 is 24.8 Å². The van der Waals surface area contributed by atoms with Gasteiger partial charge in [-0.3, -0.25) is 4.79 Å². The molecule has 0 bridgehead atoms. The highest BCUT2D eigenvalue weighted by Gasteiger charge is 2.14. The molecule has 0 radical (unpaired) electrons. The van der Waals surface area contributed by atoms with Crippen LogP contribution in [0.3, 0.4) is 0 Å². The van der Waals surface area contributed by atoms with Crippen molar-refractivity contribution in [1.82, 2.24) is 9.97 Å². The Morgan fingerprint density at radius 3 is 2.48 bits per heavy atom. The average molecular weight is 392 g/mol. The third-order valence-electron chi connectivity index (χ3n) is 4.01. The standard InChI is InChI=1S/C21H20N4O4/c1-13(2)29-16-6-3-14(4-7-16)25-21(26)17-10-23-20(11-22-17)24-15-5-8-18-19(9-15)28-12-27-18/h3-11,13H,12H2,1-2H3,(H,23,24)(H,25,26). The number of nitrogens with one attached hydrogen (secondary N) is 2. The fraction of sp³-hybridized carbons (Fsp3) is 0.190. The molecule has 2 N–H and O–H groups in total. The van der Waals surface area contributed by atoms with Gasteiger partial charge in [-0.05, 0) is 50.2 Å². The highest BCUT2D eigenvalue weighted by molar-refractivity contribution is 6.02. The summed E-state index contributed by atoms with van der Waals surface area (Å²) in [6, 6.07) is 12.6. The van der Waals surface area contributed by atoms with Crippen LogP contribution >= 0.6 is 0 Å². The molecule has 2 aromatic carbocycles. The molecule has 3 aromatic rings. The third-order valence-corrected chi connectivity index (χ3v) is 4.01. The van der Waals surface area contributed by atoms with Gasteiger partial charge in [-0.2, -0.15) is 0 Å². The first kappa shape index (κ1) is 18.5. The summed E-state index contributed by atoms with van der Waals surface area (Å²) in [6.07, 6.45) is 3.01. The smallest absolute Gasteiger partial charge is 0.275 e. The van der Waals surface area contributed by atoms with E-state index in [0.29, 0.717) is 23.0 Å². The van der Waals surface area contributed by atoms with Crippen molar-refractivity contribution in [2.75, 3.05) is 17.4 Å². The summed E-state index contributed by atoms with van der Waals surface area (Å²) in [5.41, 5.74) is 1.64. The number of nitrogens with zero attached hydrogens (tertiary/aromatic N) is 2. The van der Waals surface area contributed by atoms with Crippen molar-refractivity contribution in [1.29, 1.82) is 0 Å². The molecule has 29 heavy (non-hydrogen) atoms. The molecule has 1 aliphatic heterocycles. The Labute approximate surface area is 167 Å². The maximum absolute atomic E-state index is 12.4. The minimum absolute atomic E-state index is 0.0931. The molecule has 1 aromatic heterocycles. The van der Waals surface area contributed by atoms with E-state index >= 15 is 0 Å². The largest absolute Gasteiger partial charge is 0.491 e. The number of fused-ring (bicyclic) bond motifs is 1. The quantitative estimate of drug-likeness (QED) is 0.655. The topological polar surface area (TPSA) is 94.6 Å². The van der Waals surface area contributed by atoms with Crippen molar-refractivity contribution in [2.45, 2.75) is 20.0 Å². The fourth-order valence-corrected chi connectivity index (χ4v) is 2.72. The van der Waals surface area contributed by atoms with Crippen molar-refractivity contribution in [3.63, 3.8) is 0 Å². The van der Waals surface area contributed by atoms with E-state index in [4.69, 9.17) is 14.2 Å². The fourth-order valence-electron chi connectivity index (χ4n) is 2.72. The summed E-state index contributed by atoms with van der Waals surface area (Å²) >= 11 is 0. The lowest BCUT2D eigenvalue weighted by molar-refractivity contribution is 0.102. The molecule has 0 unspecified atom stereocenters. The molecular formula is C21H20N4O4. The maximum atomic E-state index is 12.4. The Kier molecular flexibility index (Phi) is 5.15. The predicted octanol–water partition coefficient (Wildman–Crippen LogP) is 3.99. The van der Waals surface area contributed by atoms with E-state index in [2.05, 4.69) is 20.6 Å². The molecule has 4 rings (SSSR count). The highest BCUT2D eigenvalue weighted by Crippen LogP contribution is 2.34. The Morgan fingerprint density at radius 2 is 1.76 bits per heavy atom. The summed E-state index contributed by atoms with van der Waals surface area (Å²) < 4.78 is 16.2. The first-order valence-corrected chi connectivity index (χ1v) is 9.13. The molecule has 0 saturated carbocycles. The molecule has 148 valence electrons. The number of hydrogen-bond donors (Lipinski definition) is 2. The maximum Gasteiger partial charge on any atom is 0.275 e. The second-order valence-electron chi connectivity index (χ2n) is 6.63. The number of aromatic nitrogens is 2. The molecular weight excluding hydrogens is 372 g/mol. The zero-order chi connectivity index (χ0) is 20.2. The minimum Gasteiger partial charge on any atom is -0.491 e. The van der Waals surface area contributed by atoms with Crippen molar-refractivity contribution in [2.24, 2.45) is 0 Å². The Morgan fingerprint density at radius 1 is 1.00 bits per heavy atom. The van der Waals surface area contributed by atoms with Crippen molar-refractivity contribution in [3.8, 4) is 17.2 Å². The van der Waals surface area contributed by atoms with Gasteiger partial charge in [0.15, 0.2) is 11.5 Å². The number of amides is 1. The van der Waals surface area contributed by atoms with Gasteiger partial charge in [-0.25, -0.2) is 9.97 Å². The number of carbonyl (C=O) groups excluding carboxylic acids is 1. The van der Waals surface area contributed by atoms with E-state index in [1.807, 2.05) is 32.0 Å². The lowest BCUT2D eigenvalue weighted by Crippen LogP contribution is -2.14. The molecule has 2 heterocycles. The van der Waals surface area contributed by atoms with E-state index in [1.54, 1.807) is 24.3 Å². The van der Waals surface area contributed by atoms with E-state index in [-0.39, 0.29) is 24.5 Å². The minimum atomic E-state index is -0.343. The molecule has 8 heteroatoms. The van der Waals surface area contributed by atoms with Crippen LogP contribution in [-0.4, -0.2) is 28.8 Å². The molecule has 0 saturated heterocycles. The summed E-state index contributed by atoms with van der Waals surface area (Å²) in [5.74, 6) is 2.29. The lowest BCUT2D eigenvalue weighted by atomic mass is 10.2. The second kappa shape index (κ2) is 8.05. The first-order chi connectivity index (χ1) is 14.1. The number of hydrogen-bond acceptors (Lipinski definition) is 7. The number of benzene rings is 2. The van der Waals surface area contributed by atoms with Crippen LogP contribution in [0, 0.1) is 0 Å². The van der Waals surface area contributed by atoms with Crippen molar-refractivity contribution in [3.05, 3.63) is 60.6 Å². The van der Waals surface area contributed by atoms with Crippen molar-refractivity contribution < 1.29 is 19.0 Å². The van der Waals surface area contributed by atoms with Crippen LogP contribution in [0.5, 0.6) is 17.2 Å². The van der Waals surface area contributed by atoms with E-state index in [0.717, 1.165) is 11.4 Å². The number of ether oxygens (including phenoxy) is 3. The number of carbonyl (C=O) groups is 1. The van der Waals surface area contributed by atoms with Crippen LogP contribution < -0.4 is 24.8 Å². The van der Waals surface area contributed by atoms with Crippen LogP contribution in [0.25, 0.3) is 0 Å². The zero-order valence-electron chi connectivity index (χ0n) is 16.0. The van der Waals surface area contributed by atoms with Gasteiger partial charge in [0, 0.05) is 17.4 Å². The molecule has 0 fully saturated rings. The zero-order valence-corrected chi connectivity index (χ0v) is 16.0. The molecule has 0 aliphatic carbocycles. The van der Waals surface area contributed by atoms with Crippen LogP contribution in [0.15, 0.2) is 54.9 Å². The molecule has 1 amide bonds. The summed E-state index contributed by atoms with van der Waals surface area (Å²) in [4.78, 5) is 20.8. The number of rotatable bonds is 6. The molecule has 0 atom stereocenters. The highest BCUT2D eigenvalue weighted by atomic mass is 16.7. The molecule has 1 aliphatic rings. The summed E-state index contributed by atoms with van der Waals surface area (Å²) in [7, 11) is 0. The Hall–Kier alpha value is -3.81. The van der Waals surface area contributed by atoms with Crippen molar-refractivity contribution >= 4 is 23.1 Å². The van der Waals surface area contributed by atoms with Gasteiger partial charge in [0.05, 0.1) is 18.5 Å². The Balaban J connectivity index is 1.37. The SMILES string of the molecule is CC(C)Oc1ccc(NC(=O)c2cnc(Nc3ccc4c(c3)OCO4)cn2)cc1. The van der Waals surface area contributed by atoms with Crippen LogP contribution in [0.1, 0.15) is 24.3 Å². The molecule has 8 nitrogen and oxygen atoms in total. The normalized spacial score (nSPS) is 12.0. The summed E-state index contributed by atoms with van der Waals surface area (Å²) in [5, 5.41) is 5.90. The van der Waals surface area contributed by atoms with Gasteiger partial charge in [-0.1, -0.05) is 0 Å².